The molecule has 0 atom stereocenters. The van der Waals surface area contributed by atoms with E-state index in [-0.39, 0.29) is 18.6 Å². The second-order valence-corrected chi connectivity index (χ2v) is 2.05. The fourth-order valence-corrected chi connectivity index (χ4v) is 0.502. The minimum Gasteiger partial charge on any atom is -0.512 e. The molecule has 5 nitrogen and oxygen atoms in total. The van der Waals surface area contributed by atoms with Crippen molar-refractivity contribution in [2.75, 3.05) is 7.11 Å². The number of esters is 1. The van der Waals surface area contributed by atoms with Crippen LogP contribution in [0, 0.1) is 0 Å². The SMILES string of the molecule is COC(=O)C=C(O)CCC(=O)O. The molecule has 0 saturated heterocycles. The molecule has 5 heteroatoms. The van der Waals surface area contributed by atoms with Crippen molar-refractivity contribution >= 4 is 11.9 Å². The van der Waals surface area contributed by atoms with E-state index in [1.54, 1.807) is 0 Å². The van der Waals surface area contributed by atoms with Gasteiger partial charge in [0.15, 0.2) is 0 Å². The van der Waals surface area contributed by atoms with E-state index in [0.29, 0.717) is 0 Å². The van der Waals surface area contributed by atoms with Crippen LogP contribution < -0.4 is 0 Å². The molecular weight excluding hydrogens is 164 g/mol. The Labute approximate surface area is 69.3 Å². The van der Waals surface area contributed by atoms with Gasteiger partial charge in [-0.25, -0.2) is 4.79 Å². The summed E-state index contributed by atoms with van der Waals surface area (Å²) in [6, 6.07) is 0. The first-order valence-corrected chi connectivity index (χ1v) is 3.25. The number of aliphatic hydroxyl groups is 1. The van der Waals surface area contributed by atoms with Crippen LogP contribution in [0.5, 0.6) is 0 Å². The number of carbonyl (C=O) groups is 2. The highest BCUT2D eigenvalue weighted by atomic mass is 16.5. The number of allylic oxidation sites excluding steroid dienone is 1. The topological polar surface area (TPSA) is 83.8 Å². The molecular formula is C7H10O5. The zero-order chi connectivity index (χ0) is 9.56. The van der Waals surface area contributed by atoms with Gasteiger partial charge >= 0.3 is 11.9 Å². The third kappa shape index (κ3) is 5.28. The van der Waals surface area contributed by atoms with Gasteiger partial charge in [0.05, 0.1) is 19.6 Å². The van der Waals surface area contributed by atoms with Gasteiger partial charge < -0.3 is 14.9 Å². The first-order valence-electron chi connectivity index (χ1n) is 3.25. The Bertz CT molecular complexity index is 206. The molecule has 0 unspecified atom stereocenters. The largest absolute Gasteiger partial charge is 0.512 e. The van der Waals surface area contributed by atoms with E-state index < -0.39 is 11.9 Å². The number of rotatable bonds is 4. The molecule has 0 aliphatic rings. The van der Waals surface area contributed by atoms with Gasteiger partial charge in [-0.3, -0.25) is 4.79 Å². The summed E-state index contributed by atoms with van der Waals surface area (Å²) >= 11 is 0. The lowest BCUT2D eigenvalue weighted by Gasteiger charge is -1.95. The van der Waals surface area contributed by atoms with Crippen LogP contribution in [-0.4, -0.2) is 29.3 Å². The first-order chi connectivity index (χ1) is 5.56. The number of carbonyl (C=O) groups excluding carboxylic acids is 1. The third-order valence-electron chi connectivity index (χ3n) is 1.08. The Kier molecular flexibility index (Phi) is 4.52. The van der Waals surface area contributed by atoms with Crippen molar-refractivity contribution in [1.29, 1.82) is 0 Å². The minimum absolute atomic E-state index is 0.0650. The van der Waals surface area contributed by atoms with Gasteiger partial charge in [0.2, 0.25) is 0 Å². The summed E-state index contributed by atoms with van der Waals surface area (Å²) in [7, 11) is 1.17. The summed E-state index contributed by atoms with van der Waals surface area (Å²) in [4.78, 5) is 20.5. The molecule has 0 saturated carbocycles. The van der Waals surface area contributed by atoms with Gasteiger partial charge in [-0.1, -0.05) is 0 Å². The molecule has 12 heavy (non-hydrogen) atoms. The molecule has 68 valence electrons. The zero-order valence-corrected chi connectivity index (χ0v) is 6.61. The van der Waals surface area contributed by atoms with Gasteiger partial charge in [0, 0.05) is 6.42 Å². The second kappa shape index (κ2) is 5.17. The molecule has 0 aliphatic carbocycles. The Hall–Kier alpha value is -1.52. The normalized spacial score (nSPS) is 10.9. The Morgan fingerprint density at radius 3 is 2.33 bits per heavy atom. The summed E-state index contributed by atoms with van der Waals surface area (Å²) in [6.07, 6.45) is 0.576. The number of aliphatic hydroxyl groups excluding tert-OH is 1. The van der Waals surface area contributed by atoms with Crippen LogP contribution in [0.25, 0.3) is 0 Å². The number of carboxylic acids is 1. The van der Waals surface area contributed by atoms with Crippen LogP contribution in [0.1, 0.15) is 12.8 Å². The number of hydrogen-bond donors (Lipinski definition) is 2. The Balaban J connectivity index is 3.85. The molecule has 0 heterocycles. The molecule has 0 fully saturated rings. The molecule has 0 aromatic carbocycles. The quantitative estimate of drug-likeness (QED) is 0.367. The highest BCUT2D eigenvalue weighted by Crippen LogP contribution is 2.00. The zero-order valence-electron chi connectivity index (χ0n) is 6.61. The second-order valence-electron chi connectivity index (χ2n) is 2.05. The van der Waals surface area contributed by atoms with E-state index in [2.05, 4.69) is 4.74 Å². The van der Waals surface area contributed by atoms with E-state index in [1.165, 1.54) is 7.11 Å². The van der Waals surface area contributed by atoms with Crippen molar-refractivity contribution < 1.29 is 24.5 Å². The van der Waals surface area contributed by atoms with Crippen molar-refractivity contribution in [3.05, 3.63) is 11.8 Å². The van der Waals surface area contributed by atoms with E-state index in [9.17, 15) is 9.59 Å². The van der Waals surface area contributed by atoms with Crippen molar-refractivity contribution in [1.82, 2.24) is 0 Å². The molecule has 0 amide bonds. The van der Waals surface area contributed by atoms with Gasteiger partial charge in [-0.05, 0) is 0 Å². The lowest BCUT2D eigenvalue weighted by atomic mass is 10.2. The maximum Gasteiger partial charge on any atom is 0.333 e. The molecule has 0 aromatic heterocycles. The summed E-state index contributed by atoms with van der Waals surface area (Å²) in [5, 5.41) is 17.1. The highest BCUT2D eigenvalue weighted by Gasteiger charge is 2.02. The summed E-state index contributed by atoms with van der Waals surface area (Å²) in [5.41, 5.74) is 0. The first kappa shape index (κ1) is 10.5. The van der Waals surface area contributed by atoms with Crippen molar-refractivity contribution in [3.8, 4) is 0 Å². The van der Waals surface area contributed by atoms with E-state index in [0.717, 1.165) is 6.08 Å². The number of hydrogen-bond acceptors (Lipinski definition) is 4. The van der Waals surface area contributed by atoms with E-state index in [4.69, 9.17) is 10.2 Å². The molecule has 0 radical (unpaired) electrons. The van der Waals surface area contributed by atoms with E-state index in [1.807, 2.05) is 0 Å². The summed E-state index contributed by atoms with van der Waals surface area (Å²) in [5.74, 6) is -2.01. The van der Waals surface area contributed by atoms with Crippen LogP contribution in [0.15, 0.2) is 11.8 Å². The number of carboxylic acid groups (broad SMARTS) is 1. The van der Waals surface area contributed by atoms with E-state index >= 15 is 0 Å². The molecule has 0 spiro atoms. The molecule has 0 bridgehead atoms. The number of methoxy groups -OCH3 is 1. The highest BCUT2D eigenvalue weighted by molar-refractivity contribution is 5.82. The van der Waals surface area contributed by atoms with Crippen LogP contribution in [0.3, 0.4) is 0 Å². The van der Waals surface area contributed by atoms with Crippen molar-refractivity contribution in [2.24, 2.45) is 0 Å². The predicted octanol–water partition coefficient (Wildman–Crippen LogP) is 0.466. The van der Waals surface area contributed by atoms with Gasteiger partial charge in [0.1, 0.15) is 5.76 Å². The smallest absolute Gasteiger partial charge is 0.333 e. The predicted molar refractivity (Wildman–Crippen MR) is 39.6 cm³/mol. The number of aliphatic carboxylic acids is 1. The fraction of sp³-hybridized carbons (Fsp3) is 0.429. The maximum absolute atomic E-state index is 10.5. The average molecular weight is 174 g/mol. The number of ether oxygens (including phenoxy) is 1. The standard InChI is InChI=1S/C7H10O5/c1-12-7(11)4-5(8)2-3-6(9)10/h4,8H,2-3H2,1H3,(H,9,10). The molecule has 0 rings (SSSR count). The molecule has 0 aromatic rings. The van der Waals surface area contributed by atoms with Gasteiger partial charge in [0.25, 0.3) is 0 Å². The van der Waals surface area contributed by atoms with Crippen LogP contribution in [-0.2, 0) is 14.3 Å². The van der Waals surface area contributed by atoms with Gasteiger partial charge in [-0.15, -0.1) is 0 Å². The molecule has 2 N–H and O–H groups in total. The van der Waals surface area contributed by atoms with Gasteiger partial charge in [-0.2, -0.15) is 0 Å². The fourth-order valence-electron chi connectivity index (χ4n) is 0.502. The average Bonchev–Trinajstić information content (AvgIpc) is 2.00. The van der Waals surface area contributed by atoms with Crippen LogP contribution >= 0.6 is 0 Å². The lowest BCUT2D eigenvalue weighted by Crippen LogP contribution is -1.99. The lowest BCUT2D eigenvalue weighted by molar-refractivity contribution is -0.137. The van der Waals surface area contributed by atoms with Crippen LogP contribution in [0.2, 0.25) is 0 Å². The minimum atomic E-state index is -1.03. The van der Waals surface area contributed by atoms with Crippen molar-refractivity contribution in [2.45, 2.75) is 12.8 Å². The third-order valence-corrected chi connectivity index (χ3v) is 1.08. The molecule has 0 aliphatic heterocycles. The maximum atomic E-state index is 10.5. The Morgan fingerprint density at radius 1 is 1.33 bits per heavy atom. The Morgan fingerprint density at radius 2 is 1.92 bits per heavy atom. The summed E-state index contributed by atoms with van der Waals surface area (Å²) < 4.78 is 4.20. The van der Waals surface area contributed by atoms with Crippen LogP contribution in [0.4, 0.5) is 0 Å². The summed E-state index contributed by atoms with van der Waals surface area (Å²) in [6.45, 7) is 0. The van der Waals surface area contributed by atoms with Crippen molar-refractivity contribution in [3.63, 3.8) is 0 Å². The monoisotopic (exact) mass is 174 g/mol.